The van der Waals surface area contributed by atoms with Gasteiger partial charge in [-0.15, -0.1) is 35.3 Å². The summed E-state index contributed by atoms with van der Waals surface area (Å²) in [6.07, 6.45) is 1.89. The van der Waals surface area contributed by atoms with Crippen LogP contribution in [0.1, 0.15) is 21.0 Å². The summed E-state index contributed by atoms with van der Waals surface area (Å²) in [5, 5.41) is 7.64. The molecule has 114 valence electrons. The van der Waals surface area contributed by atoms with Gasteiger partial charge < -0.3 is 10.6 Å². The van der Waals surface area contributed by atoms with Crippen molar-refractivity contribution in [1.82, 2.24) is 15.6 Å². The summed E-state index contributed by atoms with van der Waals surface area (Å²) in [6.45, 7) is 5.61. The molecule has 0 atom stereocenters. The van der Waals surface area contributed by atoms with Crippen LogP contribution in [0.5, 0.6) is 0 Å². The number of guanidine groups is 1. The van der Waals surface area contributed by atoms with E-state index in [-0.39, 0.29) is 24.0 Å². The molecule has 2 aromatic rings. The molecule has 0 saturated heterocycles. The van der Waals surface area contributed by atoms with Gasteiger partial charge in [0.1, 0.15) is 5.01 Å². The Balaban J connectivity index is 0.00000220. The van der Waals surface area contributed by atoms with Crippen molar-refractivity contribution in [3.05, 3.63) is 51.5 Å². The number of benzene rings is 1. The van der Waals surface area contributed by atoms with Crippen molar-refractivity contribution in [1.29, 1.82) is 0 Å². The zero-order chi connectivity index (χ0) is 14.4. The summed E-state index contributed by atoms with van der Waals surface area (Å²) < 4.78 is 0. The first kappa shape index (κ1) is 17.9. The molecule has 0 aliphatic carbocycles. The van der Waals surface area contributed by atoms with Crippen LogP contribution in [0.15, 0.2) is 35.5 Å². The molecule has 1 aromatic heterocycles. The van der Waals surface area contributed by atoms with Gasteiger partial charge in [-0.05, 0) is 19.4 Å². The number of thiazole rings is 1. The minimum Gasteiger partial charge on any atom is -0.352 e. The van der Waals surface area contributed by atoms with E-state index in [1.807, 2.05) is 6.20 Å². The van der Waals surface area contributed by atoms with Gasteiger partial charge >= 0.3 is 0 Å². The van der Waals surface area contributed by atoms with Crippen molar-refractivity contribution in [2.24, 2.45) is 4.99 Å². The van der Waals surface area contributed by atoms with Crippen LogP contribution >= 0.6 is 35.3 Å². The van der Waals surface area contributed by atoms with Crippen LogP contribution in [0.2, 0.25) is 0 Å². The molecule has 0 radical (unpaired) electrons. The van der Waals surface area contributed by atoms with Gasteiger partial charge in [0.2, 0.25) is 0 Å². The molecule has 1 aromatic carbocycles. The molecule has 2 N–H and O–H groups in total. The van der Waals surface area contributed by atoms with E-state index in [0.29, 0.717) is 6.54 Å². The number of aryl methyl sites for hydroxylation is 2. The van der Waals surface area contributed by atoms with Crippen LogP contribution in [0.25, 0.3) is 0 Å². The maximum atomic E-state index is 4.32. The Morgan fingerprint density at radius 1 is 1.14 bits per heavy atom. The summed E-state index contributed by atoms with van der Waals surface area (Å²) in [5.41, 5.74) is 2.51. The molecule has 0 saturated carbocycles. The van der Waals surface area contributed by atoms with E-state index in [4.69, 9.17) is 0 Å². The van der Waals surface area contributed by atoms with Crippen LogP contribution < -0.4 is 10.6 Å². The van der Waals surface area contributed by atoms with Gasteiger partial charge in [0.05, 0.1) is 6.54 Å². The second-order valence-electron chi connectivity index (χ2n) is 4.63. The van der Waals surface area contributed by atoms with E-state index in [0.717, 1.165) is 17.5 Å². The second kappa shape index (κ2) is 8.99. The normalized spacial score (nSPS) is 10.9. The zero-order valence-electron chi connectivity index (χ0n) is 12.5. The number of rotatable bonds is 4. The third kappa shape index (κ3) is 6.01. The van der Waals surface area contributed by atoms with Crippen molar-refractivity contribution >= 4 is 41.3 Å². The van der Waals surface area contributed by atoms with E-state index >= 15 is 0 Å². The number of hydrogen-bond donors (Lipinski definition) is 2. The highest BCUT2D eigenvalue weighted by molar-refractivity contribution is 14.0. The molecule has 21 heavy (non-hydrogen) atoms. The fourth-order valence-electron chi connectivity index (χ4n) is 1.75. The van der Waals surface area contributed by atoms with E-state index in [1.165, 1.54) is 16.0 Å². The van der Waals surface area contributed by atoms with Crippen LogP contribution in [-0.4, -0.2) is 18.0 Å². The minimum absolute atomic E-state index is 0. The molecule has 0 spiro atoms. The number of nitrogens with zero attached hydrogens (tertiary/aromatic N) is 2. The molecule has 4 nitrogen and oxygen atoms in total. The monoisotopic (exact) mass is 416 g/mol. The average Bonchev–Trinajstić information content (AvgIpc) is 2.87. The molecule has 6 heteroatoms. The first-order chi connectivity index (χ1) is 9.67. The van der Waals surface area contributed by atoms with E-state index in [2.05, 4.69) is 58.7 Å². The maximum Gasteiger partial charge on any atom is 0.191 e. The van der Waals surface area contributed by atoms with Gasteiger partial charge in [-0.1, -0.05) is 29.8 Å². The van der Waals surface area contributed by atoms with E-state index < -0.39 is 0 Å². The van der Waals surface area contributed by atoms with Crippen LogP contribution in [0.4, 0.5) is 0 Å². The summed E-state index contributed by atoms with van der Waals surface area (Å²) in [4.78, 5) is 9.76. The molecular weight excluding hydrogens is 395 g/mol. The SMILES string of the molecule is CN=C(NCc1ccc(C)cc1)NCc1ncc(C)s1.I. The Bertz CT molecular complexity index is 578. The molecule has 1 heterocycles. The lowest BCUT2D eigenvalue weighted by atomic mass is 10.1. The van der Waals surface area contributed by atoms with Crippen LogP contribution in [0, 0.1) is 13.8 Å². The molecular formula is C15H21IN4S. The number of halogens is 1. The molecule has 0 amide bonds. The summed E-state index contributed by atoms with van der Waals surface area (Å²) in [7, 11) is 1.78. The predicted octanol–water partition coefficient (Wildman–Crippen LogP) is 3.24. The Kier molecular flexibility index (Phi) is 7.66. The molecule has 0 aliphatic heterocycles. The highest BCUT2D eigenvalue weighted by Gasteiger charge is 2.01. The second-order valence-corrected chi connectivity index (χ2v) is 5.95. The van der Waals surface area contributed by atoms with Gasteiger partial charge in [-0.25, -0.2) is 4.98 Å². The zero-order valence-corrected chi connectivity index (χ0v) is 15.7. The number of hydrogen-bond acceptors (Lipinski definition) is 3. The standard InChI is InChI=1S/C15H20N4S.HI/c1-11-4-6-13(7-5-11)9-18-15(16-3)19-10-14-17-8-12(2)20-14;/h4-8H,9-10H2,1-3H3,(H2,16,18,19);1H. The molecule has 0 bridgehead atoms. The quantitative estimate of drug-likeness (QED) is 0.457. The fraction of sp³-hybridized carbons (Fsp3) is 0.333. The number of aliphatic imine (C=N–C) groups is 1. The summed E-state index contributed by atoms with van der Waals surface area (Å²) >= 11 is 1.70. The first-order valence-corrected chi connectivity index (χ1v) is 7.40. The van der Waals surface area contributed by atoms with Gasteiger partial charge in [-0.2, -0.15) is 0 Å². The molecule has 0 fully saturated rings. The Morgan fingerprint density at radius 3 is 2.38 bits per heavy atom. The minimum atomic E-state index is 0. The average molecular weight is 416 g/mol. The van der Waals surface area contributed by atoms with Gasteiger partial charge in [0.15, 0.2) is 5.96 Å². The third-order valence-corrected chi connectivity index (χ3v) is 3.79. The van der Waals surface area contributed by atoms with Crippen molar-refractivity contribution in [2.75, 3.05) is 7.05 Å². The first-order valence-electron chi connectivity index (χ1n) is 6.59. The van der Waals surface area contributed by atoms with Crippen molar-refractivity contribution < 1.29 is 0 Å². The molecule has 0 aliphatic rings. The highest BCUT2D eigenvalue weighted by atomic mass is 127. The summed E-state index contributed by atoms with van der Waals surface area (Å²) in [5.74, 6) is 0.790. The number of aromatic nitrogens is 1. The lowest BCUT2D eigenvalue weighted by Gasteiger charge is -2.11. The van der Waals surface area contributed by atoms with Crippen molar-refractivity contribution in [3.8, 4) is 0 Å². The molecule has 0 unspecified atom stereocenters. The van der Waals surface area contributed by atoms with E-state index in [1.54, 1.807) is 18.4 Å². The lowest BCUT2D eigenvalue weighted by molar-refractivity contribution is 0.805. The largest absolute Gasteiger partial charge is 0.352 e. The number of nitrogens with one attached hydrogen (secondary N) is 2. The Morgan fingerprint density at radius 2 is 1.81 bits per heavy atom. The lowest BCUT2D eigenvalue weighted by Crippen LogP contribution is -2.36. The van der Waals surface area contributed by atoms with Crippen LogP contribution in [0.3, 0.4) is 0 Å². The van der Waals surface area contributed by atoms with E-state index in [9.17, 15) is 0 Å². The van der Waals surface area contributed by atoms with Crippen molar-refractivity contribution in [2.45, 2.75) is 26.9 Å². The molecule has 2 rings (SSSR count). The van der Waals surface area contributed by atoms with Gasteiger partial charge in [-0.3, -0.25) is 4.99 Å². The smallest absolute Gasteiger partial charge is 0.191 e. The fourth-order valence-corrected chi connectivity index (χ4v) is 2.48. The maximum absolute atomic E-state index is 4.32. The third-order valence-electron chi connectivity index (χ3n) is 2.88. The topological polar surface area (TPSA) is 49.3 Å². The highest BCUT2D eigenvalue weighted by Crippen LogP contribution is 2.10. The Hall–Kier alpha value is -1.15. The Labute approximate surface area is 147 Å². The predicted molar refractivity (Wildman–Crippen MR) is 100 cm³/mol. The van der Waals surface area contributed by atoms with Crippen LogP contribution in [-0.2, 0) is 13.1 Å². The van der Waals surface area contributed by atoms with Crippen molar-refractivity contribution in [3.63, 3.8) is 0 Å². The summed E-state index contributed by atoms with van der Waals surface area (Å²) in [6, 6.07) is 8.48. The van der Waals surface area contributed by atoms with Gasteiger partial charge in [0, 0.05) is 24.7 Å². The van der Waals surface area contributed by atoms with Gasteiger partial charge in [0.25, 0.3) is 0 Å².